The number of rotatable bonds is 6. The summed E-state index contributed by atoms with van der Waals surface area (Å²) in [7, 11) is 1.86. The molecule has 1 amide bonds. The molecule has 0 spiro atoms. The number of benzene rings is 2. The second-order valence-corrected chi connectivity index (χ2v) is 5.06. The molecule has 0 saturated carbocycles. The van der Waals surface area contributed by atoms with E-state index in [-0.39, 0.29) is 12.1 Å². The molecule has 0 aromatic heterocycles. The quantitative estimate of drug-likeness (QED) is 0.859. The van der Waals surface area contributed by atoms with Gasteiger partial charge in [0.2, 0.25) is 0 Å². The van der Waals surface area contributed by atoms with Gasteiger partial charge in [0.25, 0.3) is 5.91 Å². The zero-order chi connectivity index (χ0) is 15.9. The Kier molecular flexibility index (Phi) is 5.49. The topological polar surface area (TPSA) is 52.6 Å². The molecule has 0 aliphatic carbocycles. The van der Waals surface area contributed by atoms with Crippen molar-refractivity contribution in [2.24, 2.45) is 0 Å². The molecule has 0 saturated heterocycles. The van der Waals surface area contributed by atoms with Crippen LogP contribution in [0.15, 0.2) is 54.6 Å². The minimum absolute atomic E-state index is 0.0221. The molecule has 116 valence electrons. The highest BCUT2D eigenvalue weighted by atomic mass is 19.1. The van der Waals surface area contributed by atoms with E-state index in [1.165, 1.54) is 18.2 Å². The molecule has 0 aliphatic rings. The lowest BCUT2D eigenvalue weighted by atomic mass is 10.2. The van der Waals surface area contributed by atoms with Crippen molar-refractivity contribution in [3.8, 4) is 0 Å². The molecule has 22 heavy (non-hydrogen) atoms. The second kappa shape index (κ2) is 7.56. The van der Waals surface area contributed by atoms with Crippen LogP contribution in [0.3, 0.4) is 0 Å². The number of hydrogen-bond donors (Lipinski definition) is 2. The van der Waals surface area contributed by atoms with E-state index in [0.717, 1.165) is 5.69 Å². The van der Waals surface area contributed by atoms with Crippen LogP contribution >= 0.6 is 0 Å². The first-order chi connectivity index (χ1) is 10.6. The van der Waals surface area contributed by atoms with E-state index in [0.29, 0.717) is 6.54 Å². The van der Waals surface area contributed by atoms with Crippen LogP contribution in [0.2, 0.25) is 0 Å². The Balaban J connectivity index is 1.84. The van der Waals surface area contributed by atoms with E-state index < -0.39 is 17.8 Å². The molecule has 2 aromatic rings. The smallest absolute Gasteiger partial charge is 0.254 e. The number of likely N-dealkylation sites (N-methyl/N-ethyl adjacent to an activating group) is 1. The van der Waals surface area contributed by atoms with Crippen molar-refractivity contribution in [3.05, 3.63) is 66.0 Å². The highest BCUT2D eigenvalue weighted by Gasteiger charge is 2.13. The molecule has 0 radical (unpaired) electrons. The zero-order valence-corrected chi connectivity index (χ0v) is 12.4. The largest absolute Gasteiger partial charge is 0.389 e. The molecule has 0 bridgehead atoms. The molecule has 1 unspecified atom stereocenters. The summed E-state index contributed by atoms with van der Waals surface area (Å²) < 4.78 is 13.5. The number of amides is 1. The number of para-hydroxylation sites is 1. The van der Waals surface area contributed by atoms with Crippen molar-refractivity contribution in [3.63, 3.8) is 0 Å². The maximum Gasteiger partial charge on any atom is 0.254 e. The van der Waals surface area contributed by atoms with Crippen LogP contribution < -0.4 is 10.2 Å². The highest BCUT2D eigenvalue weighted by Crippen LogP contribution is 2.11. The first kappa shape index (κ1) is 16.0. The number of anilines is 1. The van der Waals surface area contributed by atoms with Crippen molar-refractivity contribution in [2.75, 3.05) is 25.0 Å². The third-order valence-electron chi connectivity index (χ3n) is 3.30. The third-order valence-corrected chi connectivity index (χ3v) is 3.30. The number of nitrogens with zero attached hydrogens (tertiary/aromatic N) is 1. The number of nitrogens with one attached hydrogen (secondary N) is 1. The molecule has 2 rings (SSSR count). The van der Waals surface area contributed by atoms with Gasteiger partial charge in [-0.15, -0.1) is 0 Å². The van der Waals surface area contributed by atoms with Crippen LogP contribution in [-0.2, 0) is 0 Å². The predicted molar refractivity (Wildman–Crippen MR) is 84.5 cm³/mol. The SMILES string of the molecule is CN(CC(O)CNC(=O)c1ccccc1F)c1ccccc1. The fraction of sp³-hybridized carbons (Fsp3) is 0.235. The van der Waals surface area contributed by atoms with Gasteiger partial charge in [-0.25, -0.2) is 4.39 Å². The van der Waals surface area contributed by atoms with Gasteiger partial charge in [0.05, 0.1) is 11.7 Å². The number of hydrogen-bond acceptors (Lipinski definition) is 3. The van der Waals surface area contributed by atoms with Crippen LogP contribution in [0, 0.1) is 5.82 Å². The van der Waals surface area contributed by atoms with Crippen molar-refractivity contribution in [1.82, 2.24) is 5.32 Å². The van der Waals surface area contributed by atoms with E-state index in [2.05, 4.69) is 5.32 Å². The van der Waals surface area contributed by atoms with Gasteiger partial charge < -0.3 is 15.3 Å². The molecular weight excluding hydrogens is 283 g/mol. The molecule has 4 nitrogen and oxygen atoms in total. The van der Waals surface area contributed by atoms with Gasteiger partial charge in [-0.3, -0.25) is 4.79 Å². The molecule has 5 heteroatoms. The summed E-state index contributed by atoms with van der Waals surface area (Å²) in [5.41, 5.74) is 0.952. The van der Waals surface area contributed by atoms with E-state index in [4.69, 9.17) is 0 Å². The fourth-order valence-electron chi connectivity index (χ4n) is 2.12. The third kappa shape index (κ3) is 4.30. The van der Waals surface area contributed by atoms with Crippen LogP contribution in [-0.4, -0.2) is 37.3 Å². The van der Waals surface area contributed by atoms with Gasteiger partial charge in [0, 0.05) is 25.8 Å². The molecule has 0 aliphatic heterocycles. The monoisotopic (exact) mass is 302 g/mol. The number of halogens is 1. The number of carbonyl (C=O) groups is 1. The minimum Gasteiger partial charge on any atom is -0.389 e. The van der Waals surface area contributed by atoms with Crippen LogP contribution in [0.5, 0.6) is 0 Å². The standard InChI is InChI=1S/C17H19FN2O2/c1-20(13-7-3-2-4-8-13)12-14(21)11-19-17(22)15-9-5-6-10-16(15)18/h2-10,14,21H,11-12H2,1H3,(H,19,22). The van der Waals surface area contributed by atoms with Gasteiger partial charge in [0.15, 0.2) is 0 Å². The Labute approximate surface area is 129 Å². The summed E-state index contributed by atoms with van der Waals surface area (Å²) in [4.78, 5) is 13.7. The second-order valence-electron chi connectivity index (χ2n) is 5.06. The van der Waals surface area contributed by atoms with E-state index in [9.17, 15) is 14.3 Å². The lowest BCUT2D eigenvalue weighted by Crippen LogP contribution is -2.39. The van der Waals surface area contributed by atoms with Crippen molar-refractivity contribution >= 4 is 11.6 Å². The maximum atomic E-state index is 13.5. The van der Waals surface area contributed by atoms with Crippen molar-refractivity contribution in [2.45, 2.75) is 6.10 Å². The van der Waals surface area contributed by atoms with Gasteiger partial charge >= 0.3 is 0 Å². The molecule has 0 fully saturated rings. The zero-order valence-electron chi connectivity index (χ0n) is 12.4. The van der Waals surface area contributed by atoms with Crippen LogP contribution in [0.1, 0.15) is 10.4 Å². The Morgan fingerprint density at radius 2 is 1.82 bits per heavy atom. The highest BCUT2D eigenvalue weighted by molar-refractivity contribution is 5.94. The molecule has 1 atom stereocenters. The maximum absolute atomic E-state index is 13.5. The van der Waals surface area contributed by atoms with Crippen LogP contribution in [0.25, 0.3) is 0 Å². The average Bonchev–Trinajstić information content (AvgIpc) is 2.54. The summed E-state index contributed by atoms with van der Waals surface area (Å²) in [5.74, 6) is -1.10. The molecule has 2 aromatic carbocycles. The lowest BCUT2D eigenvalue weighted by Gasteiger charge is -2.22. The summed E-state index contributed by atoms with van der Waals surface area (Å²) in [6, 6.07) is 15.4. The minimum atomic E-state index is -0.749. The number of aliphatic hydroxyl groups is 1. The molecule has 0 heterocycles. The first-order valence-electron chi connectivity index (χ1n) is 7.05. The van der Waals surface area contributed by atoms with Gasteiger partial charge in [0.1, 0.15) is 5.82 Å². The summed E-state index contributed by atoms with van der Waals surface area (Å²) in [5, 5.41) is 12.5. The summed E-state index contributed by atoms with van der Waals surface area (Å²) in [6.45, 7) is 0.423. The Morgan fingerprint density at radius 1 is 1.18 bits per heavy atom. The first-order valence-corrected chi connectivity index (χ1v) is 7.05. The average molecular weight is 302 g/mol. The van der Waals surface area contributed by atoms with Gasteiger partial charge in [-0.1, -0.05) is 30.3 Å². The molecular formula is C17H19FN2O2. The Hall–Kier alpha value is -2.40. The van der Waals surface area contributed by atoms with Crippen molar-refractivity contribution in [1.29, 1.82) is 0 Å². The number of aliphatic hydroxyl groups excluding tert-OH is 1. The lowest BCUT2D eigenvalue weighted by molar-refractivity contribution is 0.0915. The number of carbonyl (C=O) groups excluding carboxylic acids is 1. The van der Waals surface area contributed by atoms with Gasteiger partial charge in [-0.2, -0.15) is 0 Å². The summed E-state index contributed by atoms with van der Waals surface area (Å²) >= 11 is 0. The summed E-state index contributed by atoms with van der Waals surface area (Å²) in [6.07, 6.45) is -0.749. The van der Waals surface area contributed by atoms with Gasteiger partial charge in [-0.05, 0) is 24.3 Å². The normalized spacial score (nSPS) is 11.8. The van der Waals surface area contributed by atoms with E-state index in [1.807, 2.05) is 42.3 Å². The molecule has 2 N–H and O–H groups in total. The Bertz CT molecular complexity index is 619. The fourth-order valence-corrected chi connectivity index (χ4v) is 2.12. The predicted octanol–water partition coefficient (Wildman–Crippen LogP) is 2.05. The van der Waals surface area contributed by atoms with Crippen molar-refractivity contribution < 1.29 is 14.3 Å². The van der Waals surface area contributed by atoms with E-state index >= 15 is 0 Å². The van der Waals surface area contributed by atoms with Crippen LogP contribution in [0.4, 0.5) is 10.1 Å². The van der Waals surface area contributed by atoms with E-state index in [1.54, 1.807) is 6.07 Å². The Morgan fingerprint density at radius 3 is 2.50 bits per heavy atom.